The van der Waals surface area contributed by atoms with Gasteiger partial charge in [0.1, 0.15) is 0 Å². The van der Waals surface area contributed by atoms with E-state index in [2.05, 4.69) is 33.4 Å². The van der Waals surface area contributed by atoms with Gasteiger partial charge in [0.25, 0.3) is 0 Å². The van der Waals surface area contributed by atoms with Gasteiger partial charge in [-0.25, -0.2) is 4.68 Å². The lowest BCUT2D eigenvalue weighted by atomic mass is 10.2. The van der Waals surface area contributed by atoms with Crippen LogP contribution in [0.15, 0.2) is 24.3 Å². The summed E-state index contributed by atoms with van der Waals surface area (Å²) in [6, 6.07) is 7.89. The van der Waals surface area contributed by atoms with Crippen molar-refractivity contribution in [1.29, 1.82) is 0 Å². The lowest BCUT2D eigenvalue weighted by Gasteiger charge is -2.16. The minimum atomic E-state index is 0.722. The number of aromatic nitrogens is 4. The Morgan fingerprint density at radius 1 is 1.32 bits per heavy atom. The molecule has 2 aromatic rings. The van der Waals surface area contributed by atoms with Crippen LogP contribution in [0.2, 0.25) is 5.02 Å². The number of rotatable bonds is 6. The Hall–Kier alpha value is -1.46. The topological polar surface area (TPSA) is 46.8 Å². The van der Waals surface area contributed by atoms with Crippen LogP contribution in [0.25, 0.3) is 0 Å². The Labute approximate surface area is 118 Å². The SMILES string of the molecule is CCCn1nnnc1CN(C)Cc1cccc(Cl)c1. The maximum absolute atomic E-state index is 5.98. The summed E-state index contributed by atoms with van der Waals surface area (Å²) in [4.78, 5) is 2.17. The lowest BCUT2D eigenvalue weighted by molar-refractivity contribution is 0.302. The second-order valence-corrected chi connectivity index (χ2v) is 5.06. The molecule has 0 aliphatic heterocycles. The van der Waals surface area contributed by atoms with Crippen LogP contribution in [0.1, 0.15) is 24.7 Å². The molecular weight excluding hydrogens is 262 g/mol. The molecule has 0 aliphatic rings. The molecule has 2 rings (SSSR count). The van der Waals surface area contributed by atoms with Crippen LogP contribution in [0.3, 0.4) is 0 Å². The van der Waals surface area contributed by atoms with Crippen LogP contribution in [0, 0.1) is 0 Å². The molecule has 0 unspecified atom stereocenters. The van der Waals surface area contributed by atoms with E-state index in [0.29, 0.717) is 0 Å². The average molecular weight is 280 g/mol. The third kappa shape index (κ3) is 4.01. The zero-order chi connectivity index (χ0) is 13.7. The van der Waals surface area contributed by atoms with Gasteiger partial charge in [-0.05, 0) is 41.6 Å². The normalized spacial score (nSPS) is 11.2. The zero-order valence-electron chi connectivity index (χ0n) is 11.3. The number of hydrogen-bond acceptors (Lipinski definition) is 4. The molecule has 0 N–H and O–H groups in total. The minimum absolute atomic E-state index is 0.722. The first-order chi connectivity index (χ1) is 9.19. The molecule has 0 saturated heterocycles. The summed E-state index contributed by atoms with van der Waals surface area (Å²) in [5.74, 6) is 0.895. The first-order valence-corrected chi connectivity index (χ1v) is 6.75. The first-order valence-electron chi connectivity index (χ1n) is 6.37. The van der Waals surface area contributed by atoms with Crippen molar-refractivity contribution in [2.75, 3.05) is 7.05 Å². The molecule has 0 radical (unpaired) electrons. The predicted octanol–water partition coefficient (Wildman–Crippen LogP) is 2.37. The average Bonchev–Trinajstić information content (AvgIpc) is 2.77. The molecule has 1 heterocycles. The van der Waals surface area contributed by atoms with Gasteiger partial charge in [0.2, 0.25) is 0 Å². The molecule has 102 valence electrons. The molecule has 5 nitrogen and oxygen atoms in total. The fraction of sp³-hybridized carbons (Fsp3) is 0.462. The van der Waals surface area contributed by atoms with Gasteiger partial charge < -0.3 is 0 Å². The highest BCUT2D eigenvalue weighted by atomic mass is 35.5. The Bertz CT molecular complexity index is 525. The Morgan fingerprint density at radius 3 is 2.89 bits per heavy atom. The highest BCUT2D eigenvalue weighted by Crippen LogP contribution is 2.13. The van der Waals surface area contributed by atoms with Crippen LogP contribution in [0.4, 0.5) is 0 Å². The summed E-state index contributed by atoms with van der Waals surface area (Å²) in [5, 5.41) is 12.6. The summed E-state index contributed by atoms with van der Waals surface area (Å²) in [5.41, 5.74) is 1.18. The Morgan fingerprint density at radius 2 is 2.16 bits per heavy atom. The van der Waals surface area contributed by atoms with E-state index >= 15 is 0 Å². The van der Waals surface area contributed by atoms with E-state index in [-0.39, 0.29) is 0 Å². The van der Waals surface area contributed by atoms with E-state index in [0.717, 1.165) is 36.9 Å². The predicted molar refractivity (Wildman–Crippen MR) is 74.7 cm³/mol. The van der Waals surface area contributed by atoms with Gasteiger partial charge in [0.15, 0.2) is 5.82 Å². The molecule has 0 fully saturated rings. The molecule has 1 aromatic carbocycles. The number of benzene rings is 1. The van der Waals surface area contributed by atoms with Gasteiger partial charge in [0, 0.05) is 18.1 Å². The van der Waals surface area contributed by atoms with E-state index in [9.17, 15) is 0 Å². The fourth-order valence-electron chi connectivity index (χ4n) is 1.97. The third-order valence-corrected chi connectivity index (χ3v) is 3.03. The van der Waals surface area contributed by atoms with Crippen molar-refractivity contribution >= 4 is 11.6 Å². The monoisotopic (exact) mass is 279 g/mol. The summed E-state index contributed by atoms with van der Waals surface area (Å²) < 4.78 is 1.86. The quantitative estimate of drug-likeness (QED) is 0.814. The van der Waals surface area contributed by atoms with Crippen LogP contribution in [0.5, 0.6) is 0 Å². The number of nitrogens with zero attached hydrogens (tertiary/aromatic N) is 5. The van der Waals surface area contributed by atoms with Gasteiger partial charge in [0.05, 0.1) is 6.54 Å². The van der Waals surface area contributed by atoms with Crippen molar-refractivity contribution < 1.29 is 0 Å². The van der Waals surface area contributed by atoms with E-state index in [1.54, 1.807) is 0 Å². The summed E-state index contributed by atoms with van der Waals surface area (Å²) in [7, 11) is 2.05. The Kier molecular flexibility index (Phi) is 4.87. The standard InChI is InChI=1S/C13H18ClN5/c1-3-7-19-13(15-16-17-19)10-18(2)9-11-5-4-6-12(14)8-11/h4-6,8H,3,7,9-10H2,1-2H3. The number of aryl methyl sites for hydroxylation is 1. The molecule has 0 atom stereocenters. The second kappa shape index (κ2) is 6.63. The van der Waals surface area contributed by atoms with Crippen molar-refractivity contribution in [3.05, 3.63) is 40.7 Å². The maximum Gasteiger partial charge on any atom is 0.165 e. The number of tetrazole rings is 1. The van der Waals surface area contributed by atoms with Crippen molar-refractivity contribution in [3.8, 4) is 0 Å². The highest BCUT2D eigenvalue weighted by Gasteiger charge is 2.09. The van der Waals surface area contributed by atoms with Gasteiger partial charge in [-0.1, -0.05) is 30.7 Å². The molecule has 1 aromatic heterocycles. The van der Waals surface area contributed by atoms with Crippen LogP contribution >= 0.6 is 11.6 Å². The molecule has 6 heteroatoms. The van der Waals surface area contributed by atoms with Gasteiger partial charge in [-0.15, -0.1) is 5.10 Å². The third-order valence-electron chi connectivity index (χ3n) is 2.79. The van der Waals surface area contributed by atoms with E-state index in [4.69, 9.17) is 11.6 Å². The van der Waals surface area contributed by atoms with E-state index < -0.39 is 0 Å². The van der Waals surface area contributed by atoms with Crippen LogP contribution in [-0.4, -0.2) is 32.2 Å². The largest absolute Gasteiger partial charge is 0.295 e. The minimum Gasteiger partial charge on any atom is -0.295 e. The maximum atomic E-state index is 5.98. The summed E-state index contributed by atoms with van der Waals surface area (Å²) in [6.07, 6.45) is 1.02. The Balaban J connectivity index is 1.97. The second-order valence-electron chi connectivity index (χ2n) is 4.62. The summed E-state index contributed by atoms with van der Waals surface area (Å²) >= 11 is 5.98. The lowest BCUT2D eigenvalue weighted by Crippen LogP contribution is -2.20. The van der Waals surface area contributed by atoms with E-state index in [1.165, 1.54) is 5.56 Å². The van der Waals surface area contributed by atoms with Crippen molar-refractivity contribution in [2.45, 2.75) is 33.0 Å². The molecule has 0 spiro atoms. The van der Waals surface area contributed by atoms with Gasteiger partial charge in [-0.3, -0.25) is 4.90 Å². The van der Waals surface area contributed by atoms with Crippen LogP contribution < -0.4 is 0 Å². The first kappa shape index (κ1) is 14.0. The van der Waals surface area contributed by atoms with E-state index in [1.807, 2.05) is 29.9 Å². The fourth-order valence-corrected chi connectivity index (χ4v) is 2.18. The molecular formula is C13H18ClN5. The molecule has 0 amide bonds. The molecule has 0 bridgehead atoms. The zero-order valence-corrected chi connectivity index (χ0v) is 12.0. The highest BCUT2D eigenvalue weighted by molar-refractivity contribution is 6.30. The smallest absolute Gasteiger partial charge is 0.165 e. The van der Waals surface area contributed by atoms with Crippen molar-refractivity contribution in [1.82, 2.24) is 25.1 Å². The summed E-state index contributed by atoms with van der Waals surface area (Å²) in [6.45, 7) is 4.51. The van der Waals surface area contributed by atoms with Crippen molar-refractivity contribution in [2.24, 2.45) is 0 Å². The molecule has 0 aliphatic carbocycles. The van der Waals surface area contributed by atoms with Gasteiger partial charge in [-0.2, -0.15) is 0 Å². The number of halogens is 1. The van der Waals surface area contributed by atoms with Gasteiger partial charge >= 0.3 is 0 Å². The van der Waals surface area contributed by atoms with Crippen molar-refractivity contribution in [3.63, 3.8) is 0 Å². The molecule has 19 heavy (non-hydrogen) atoms. The number of hydrogen-bond donors (Lipinski definition) is 0. The van der Waals surface area contributed by atoms with Crippen LogP contribution in [-0.2, 0) is 19.6 Å². The molecule has 0 saturated carbocycles.